The van der Waals surface area contributed by atoms with E-state index in [1.165, 1.54) is 12.1 Å². The van der Waals surface area contributed by atoms with Crippen LogP contribution < -0.4 is 4.90 Å². The van der Waals surface area contributed by atoms with Gasteiger partial charge in [0.1, 0.15) is 17.3 Å². The van der Waals surface area contributed by atoms with Crippen LogP contribution in [0.3, 0.4) is 0 Å². The smallest absolute Gasteiger partial charge is 0.273 e. The molecule has 27 heavy (non-hydrogen) atoms. The number of fused-ring (bicyclic) bond motifs is 1. The van der Waals surface area contributed by atoms with Crippen LogP contribution in [0, 0.1) is 5.82 Å². The number of amides is 1. The molecule has 7 heteroatoms. The van der Waals surface area contributed by atoms with E-state index >= 15 is 0 Å². The van der Waals surface area contributed by atoms with Crippen LogP contribution in [0.2, 0.25) is 5.28 Å². The van der Waals surface area contributed by atoms with Crippen molar-refractivity contribution in [2.45, 2.75) is 51.7 Å². The van der Waals surface area contributed by atoms with E-state index in [1.807, 2.05) is 26.0 Å². The lowest BCUT2D eigenvalue weighted by Crippen LogP contribution is -2.33. The number of carbonyl (C=O) groups excluding carboxylic acids is 1. The Morgan fingerprint density at radius 3 is 2.70 bits per heavy atom. The van der Waals surface area contributed by atoms with Crippen LogP contribution in [0.15, 0.2) is 24.3 Å². The van der Waals surface area contributed by atoms with Crippen molar-refractivity contribution in [1.82, 2.24) is 14.9 Å². The number of hydrogen-bond acceptors (Lipinski definition) is 4. The van der Waals surface area contributed by atoms with Gasteiger partial charge >= 0.3 is 0 Å². The number of carbonyl (C=O) groups is 1. The Morgan fingerprint density at radius 2 is 2.00 bits per heavy atom. The van der Waals surface area contributed by atoms with Gasteiger partial charge in [0, 0.05) is 24.2 Å². The molecule has 1 saturated heterocycles. The second-order valence-corrected chi connectivity index (χ2v) is 7.83. The third-order valence-electron chi connectivity index (χ3n) is 5.41. The number of nitrogens with zero attached hydrogens (tertiary/aromatic N) is 4. The zero-order chi connectivity index (χ0) is 19.1. The number of rotatable bonds is 4. The molecule has 0 radical (unpaired) electrons. The molecular formula is C20H22ClFN4O. The molecule has 2 aromatic rings. The van der Waals surface area contributed by atoms with Gasteiger partial charge < -0.3 is 9.80 Å². The molecule has 1 atom stereocenters. The maximum Gasteiger partial charge on any atom is 0.273 e. The third-order valence-corrected chi connectivity index (χ3v) is 5.58. The molecule has 0 bridgehead atoms. The van der Waals surface area contributed by atoms with Gasteiger partial charge in [-0.05, 0) is 62.4 Å². The number of hydrogen-bond donors (Lipinski definition) is 0. The van der Waals surface area contributed by atoms with Gasteiger partial charge in [0.2, 0.25) is 5.28 Å². The van der Waals surface area contributed by atoms with Gasteiger partial charge in [-0.1, -0.05) is 12.1 Å². The van der Waals surface area contributed by atoms with Crippen LogP contribution in [-0.2, 0) is 13.0 Å². The summed E-state index contributed by atoms with van der Waals surface area (Å²) in [5.74, 6) is 0.459. The van der Waals surface area contributed by atoms with Gasteiger partial charge in [0.25, 0.3) is 5.91 Å². The van der Waals surface area contributed by atoms with Gasteiger partial charge in [-0.15, -0.1) is 0 Å². The maximum atomic E-state index is 13.2. The highest BCUT2D eigenvalue weighted by Gasteiger charge is 2.37. The summed E-state index contributed by atoms with van der Waals surface area (Å²) in [7, 11) is 0. The average Bonchev–Trinajstić information content (AvgIpc) is 3.21. The summed E-state index contributed by atoms with van der Waals surface area (Å²) in [4.78, 5) is 25.4. The van der Waals surface area contributed by atoms with Gasteiger partial charge in [0.05, 0.1) is 6.54 Å². The maximum absolute atomic E-state index is 13.2. The highest BCUT2D eigenvalue weighted by molar-refractivity contribution is 6.28. The standard InChI is InChI=1S/C20H22ClFN4O/c1-12(2)26-11-16-17(19(26)27)23-20(21)24-18(16)25-9-3-4-15(25)10-13-5-7-14(22)8-6-13/h5-8,12,15H,3-4,9-11H2,1-2H3. The molecular weight excluding hydrogens is 367 g/mol. The highest BCUT2D eigenvalue weighted by atomic mass is 35.5. The first-order valence-electron chi connectivity index (χ1n) is 9.32. The van der Waals surface area contributed by atoms with E-state index in [0.717, 1.165) is 42.8 Å². The van der Waals surface area contributed by atoms with E-state index in [1.54, 1.807) is 4.90 Å². The Labute approximate surface area is 163 Å². The van der Waals surface area contributed by atoms with Gasteiger partial charge in [0.15, 0.2) is 0 Å². The molecule has 0 saturated carbocycles. The molecule has 4 rings (SSSR count). The minimum atomic E-state index is -0.227. The fourth-order valence-electron chi connectivity index (χ4n) is 4.02. The van der Waals surface area contributed by atoms with Crippen LogP contribution in [0.5, 0.6) is 0 Å². The summed E-state index contributed by atoms with van der Waals surface area (Å²) < 4.78 is 13.2. The third kappa shape index (κ3) is 3.38. The van der Waals surface area contributed by atoms with Gasteiger partial charge in [-0.2, -0.15) is 0 Å². The number of anilines is 1. The first kappa shape index (κ1) is 18.2. The molecule has 0 aliphatic carbocycles. The van der Waals surface area contributed by atoms with E-state index in [4.69, 9.17) is 11.6 Å². The minimum Gasteiger partial charge on any atom is -0.353 e. The van der Waals surface area contributed by atoms with Crippen molar-refractivity contribution in [3.05, 3.63) is 52.2 Å². The summed E-state index contributed by atoms with van der Waals surface area (Å²) in [6.45, 7) is 5.36. The van der Waals surface area contributed by atoms with E-state index in [2.05, 4.69) is 14.9 Å². The summed E-state index contributed by atoms with van der Waals surface area (Å²) in [5.41, 5.74) is 2.38. The second kappa shape index (κ2) is 7.08. The van der Waals surface area contributed by atoms with Crippen molar-refractivity contribution in [3.63, 3.8) is 0 Å². The Bertz CT molecular complexity index is 871. The SMILES string of the molecule is CC(C)N1Cc2c(nc(Cl)nc2N2CCCC2Cc2ccc(F)cc2)C1=O. The Morgan fingerprint density at radius 1 is 1.26 bits per heavy atom. The van der Waals surface area contributed by atoms with Crippen molar-refractivity contribution in [1.29, 1.82) is 0 Å². The van der Waals surface area contributed by atoms with Crippen molar-refractivity contribution < 1.29 is 9.18 Å². The van der Waals surface area contributed by atoms with Gasteiger partial charge in [-0.3, -0.25) is 4.79 Å². The lowest BCUT2D eigenvalue weighted by Gasteiger charge is -2.28. The number of halogens is 2. The highest BCUT2D eigenvalue weighted by Crippen LogP contribution is 2.35. The number of benzene rings is 1. The van der Waals surface area contributed by atoms with Crippen LogP contribution in [0.4, 0.5) is 10.2 Å². The number of aromatic nitrogens is 2. The Hall–Kier alpha value is -2.21. The van der Waals surface area contributed by atoms with Gasteiger partial charge in [-0.25, -0.2) is 14.4 Å². The van der Waals surface area contributed by atoms with E-state index in [9.17, 15) is 9.18 Å². The fraction of sp³-hybridized carbons (Fsp3) is 0.450. The molecule has 0 spiro atoms. The normalized spacial score (nSPS) is 19.3. The largest absolute Gasteiger partial charge is 0.353 e. The summed E-state index contributed by atoms with van der Waals surface area (Å²) in [5, 5.41) is 0.107. The van der Waals surface area contributed by atoms with E-state index in [0.29, 0.717) is 12.2 Å². The first-order valence-corrected chi connectivity index (χ1v) is 9.70. The first-order chi connectivity index (χ1) is 12.9. The van der Waals surface area contributed by atoms with Crippen LogP contribution in [0.25, 0.3) is 0 Å². The predicted octanol–water partition coefficient (Wildman–Crippen LogP) is 3.84. The lowest BCUT2D eigenvalue weighted by molar-refractivity contribution is 0.0726. The average molecular weight is 389 g/mol. The molecule has 1 unspecified atom stereocenters. The predicted molar refractivity (Wildman–Crippen MR) is 103 cm³/mol. The van der Waals surface area contributed by atoms with E-state index < -0.39 is 0 Å². The van der Waals surface area contributed by atoms with Crippen LogP contribution in [-0.4, -0.2) is 39.4 Å². The molecule has 142 valence electrons. The van der Waals surface area contributed by atoms with Crippen molar-refractivity contribution in [2.24, 2.45) is 0 Å². The zero-order valence-corrected chi connectivity index (χ0v) is 16.2. The molecule has 2 aliphatic rings. The monoisotopic (exact) mass is 388 g/mol. The van der Waals surface area contributed by atoms with Crippen LogP contribution in [0.1, 0.15) is 48.3 Å². The lowest BCUT2D eigenvalue weighted by atomic mass is 10.0. The molecule has 5 nitrogen and oxygen atoms in total. The zero-order valence-electron chi connectivity index (χ0n) is 15.5. The Balaban J connectivity index is 1.66. The summed E-state index contributed by atoms with van der Waals surface area (Å²) in [6, 6.07) is 6.97. The molecule has 1 aromatic heterocycles. The second-order valence-electron chi connectivity index (χ2n) is 7.49. The van der Waals surface area contributed by atoms with Crippen LogP contribution >= 0.6 is 11.6 Å². The molecule has 3 heterocycles. The molecule has 1 amide bonds. The van der Waals surface area contributed by atoms with Crippen molar-refractivity contribution in [2.75, 3.05) is 11.4 Å². The molecule has 0 N–H and O–H groups in total. The molecule has 1 aromatic carbocycles. The summed E-state index contributed by atoms with van der Waals surface area (Å²) in [6.07, 6.45) is 2.87. The van der Waals surface area contributed by atoms with Crippen molar-refractivity contribution in [3.8, 4) is 0 Å². The summed E-state index contributed by atoms with van der Waals surface area (Å²) >= 11 is 6.16. The molecule has 1 fully saturated rings. The fourth-order valence-corrected chi connectivity index (χ4v) is 4.18. The Kier molecular flexibility index (Phi) is 4.76. The molecule has 2 aliphatic heterocycles. The van der Waals surface area contributed by atoms with Crippen molar-refractivity contribution >= 4 is 23.3 Å². The topological polar surface area (TPSA) is 49.3 Å². The quantitative estimate of drug-likeness (QED) is 0.746. The minimum absolute atomic E-state index is 0.0835. The van der Waals surface area contributed by atoms with E-state index in [-0.39, 0.29) is 29.1 Å².